The van der Waals surface area contributed by atoms with E-state index in [9.17, 15) is 0 Å². The van der Waals surface area contributed by atoms with E-state index in [0.29, 0.717) is 5.92 Å². The van der Waals surface area contributed by atoms with Crippen LogP contribution in [-0.2, 0) is 6.42 Å². The van der Waals surface area contributed by atoms with E-state index in [1.54, 1.807) is 0 Å². The van der Waals surface area contributed by atoms with Crippen LogP contribution in [0.15, 0.2) is 42.6 Å². The molecule has 0 spiro atoms. The second-order valence-corrected chi connectivity index (χ2v) is 6.54. The summed E-state index contributed by atoms with van der Waals surface area (Å²) in [6, 6.07) is 12.8. The number of aromatic nitrogens is 1. The number of benzene rings is 1. The van der Waals surface area contributed by atoms with E-state index in [4.69, 9.17) is 9.72 Å². The van der Waals surface area contributed by atoms with Crippen molar-refractivity contribution in [3.63, 3.8) is 0 Å². The Hall–Kier alpha value is -1.83. The minimum atomic E-state index is 0.305. The number of hydrogen-bond donors (Lipinski definition) is 0. The van der Waals surface area contributed by atoms with E-state index in [-0.39, 0.29) is 0 Å². The van der Waals surface area contributed by atoms with Gasteiger partial charge in [0, 0.05) is 17.8 Å². The third kappa shape index (κ3) is 5.67. The van der Waals surface area contributed by atoms with E-state index in [1.807, 2.05) is 0 Å². The van der Waals surface area contributed by atoms with E-state index in [2.05, 4.69) is 63.4 Å². The Kier molecular flexibility index (Phi) is 7.81. The fourth-order valence-electron chi connectivity index (χ4n) is 2.84. The molecule has 0 fully saturated rings. The lowest BCUT2D eigenvalue weighted by Gasteiger charge is -2.13. The molecule has 2 rings (SSSR count). The van der Waals surface area contributed by atoms with Gasteiger partial charge in [0.25, 0.3) is 0 Å². The number of pyridine rings is 1. The minimum absolute atomic E-state index is 0.305. The predicted molar refractivity (Wildman–Crippen MR) is 102 cm³/mol. The Bertz CT molecular complexity index is 574. The number of rotatable bonds is 10. The molecular weight excluding hydrogens is 294 g/mol. The van der Waals surface area contributed by atoms with E-state index >= 15 is 0 Å². The van der Waals surface area contributed by atoms with Gasteiger partial charge in [0.2, 0.25) is 0 Å². The SMILES string of the molecule is CCCCCCc1ccc(C(C)c2ccc(OCCC)cc2)nc1. The van der Waals surface area contributed by atoms with E-state index in [0.717, 1.165) is 30.9 Å². The molecule has 0 amide bonds. The molecule has 0 bridgehead atoms. The number of ether oxygens (including phenoxy) is 1. The van der Waals surface area contributed by atoms with Gasteiger partial charge in [0.05, 0.1) is 6.61 Å². The zero-order chi connectivity index (χ0) is 17.2. The number of unbranched alkanes of at least 4 members (excludes halogenated alkanes) is 3. The molecule has 130 valence electrons. The summed E-state index contributed by atoms with van der Waals surface area (Å²) in [7, 11) is 0. The first-order valence-electron chi connectivity index (χ1n) is 9.42. The van der Waals surface area contributed by atoms with Gasteiger partial charge < -0.3 is 4.74 Å². The molecule has 2 nitrogen and oxygen atoms in total. The van der Waals surface area contributed by atoms with Gasteiger partial charge in [-0.15, -0.1) is 0 Å². The Balaban J connectivity index is 1.92. The monoisotopic (exact) mass is 325 g/mol. The largest absolute Gasteiger partial charge is 0.494 e. The number of aryl methyl sites for hydroxylation is 1. The van der Waals surface area contributed by atoms with E-state index < -0.39 is 0 Å². The molecule has 1 aromatic heterocycles. The Morgan fingerprint density at radius 3 is 2.33 bits per heavy atom. The van der Waals surface area contributed by atoms with Gasteiger partial charge in [0.15, 0.2) is 0 Å². The average Bonchev–Trinajstić information content (AvgIpc) is 2.64. The van der Waals surface area contributed by atoms with Crippen molar-refractivity contribution in [1.82, 2.24) is 4.98 Å². The Labute approximate surface area is 147 Å². The molecule has 0 aliphatic carbocycles. The third-order valence-electron chi connectivity index (χ3n) is 4.46. The molecule has 1 heterocycles. The topological polar surface area (TPSA) is 22.1 Å². The quantitative estimate of drug-likeness (QED) is 0.489. The molecule has 24 heavy (non-hydrogen) atoms. The normalized spacial score (nSPS) is 12.1. The van der Waals surface area contributed by atoms with Crippen LogP contribution in [0.1, 0.15) is 75.6 Å². The molecule has 0 radical (unpaired) electrons. The van der Waals surface area contributed by atoms with Crippen LogP contribution in [-0.4, -0.2) is 11.6 Å². The lowest BCUT2D eigenvalue weighted by atomic mass is 9.96. The van der Waals surface area contributed by atoms with Crippen LogP contribution in [0.25, 0.3) is 0 Å². The zero-order valence-corrected chi connectivity index (χ0v) is 15.4. The highest BCUT2D eigenvalue weighted by atomic mass is 16.5. The lowest BCUT2D eigenvalue weighted by Crippen LogP contribution is -2.00. The minimum Gasteiger partial charge on any atom is -0.494 e. The fourth-order valence-corrected chi connectivity index (χ4v) is 2.84. The first-order valence-corrected chi connectivity index (χ1v) is 9.42. The van der Waals surface area contributed by atoms with Gasteiger partial charge >= 0.3 is 0 Å². The summed E-state index contributed by atoms with van der Waals surface area (Å²) in [5, 5.41) is 0. The summed E-state index contributed by atoms with van der Waals surface area (Å²) in [5.74, 6) is 1.25. The van der Waals surface area contributed by atoms with Crippen LogP contribution in [0.4, 0.5) is 0 Å². The molecular formula is C22H31NO. The van der Waals surface area contributed by atoms with Crippen molar-refractivity contribution in [1.29, 1.82) is 0 Å². The molecule has 2 heteroatoms. The molecule has 0 aliphatic heterocycles. The predicted octanol–water partition coefficient (Wildman–Crippen LogP) is 6.15. The third-order valence-corrected chi connectivity index (χ3v) is 4.46. The van der Waals surface area contributed by atoms with Crippen LogP contribution in [0, 0.1) is 0 Å². The summed E-state index contributed by atoms with van der Waals surface area (Å²) >= 11 is 0. The highest BCUT2D eigenvalue weighted by molar-refractivity contribution is 5.33. The summed E-state index contributed by atoms with van der Waals surface area (Å²) in [6.45, 7) is 7.36. The van der Waals surface area contributed by atoms with Crippen LogP contribution in [0.2, 0.25) is 0 Å². The molecule has 0 aliphatic rings. The molecule has 0 saturated heterocycles. The van der Waals surface area contributed by atoms with Crippen LogP contribution >= 0.6 is 0 Å². The van der Waals surface area contributed by atoms with Crippen molar-refractivity contribution < 1.29 is 4.74 Å². The maximum Gasteiger partial charge on any atom is 0.119 e. The van der Waals surface area contributed by atoms with Crippen LogP contribution in [0.3, 0.4) is 0 Å². The Morgan fingerprint density at radius 2 is 1.71 bits per heavy atom. The summed E-state index contributed by atoms with van der Waals surface area (Å²) in [6.07, 6.45) is 9.44. The average molecular weight is 325 g/mol. The molecule has 1 aromatic carbocycles. The summed E-state index contributed by atoms with van der Waals surface area (Å²) in [5.41, 5.74) is 3.77. The van der Waals surface area contributed by atoms with Gasteiger partial charge in [0.1, 0.15) is 5.75 Å². The van der Waals surface area contributed by atoms with Gasteiger partial charge in [-0.25, -0.2) is 0 Å². The molecule has 1 atom stereocenters. The maximum atomic E-state index is 5.65. The second kappa shape index (κ2) is 10.1. The zero-order valence-electron chi connectivity index (χ0n) is 15.4. The molecule has 0 N–H and O–H groups in total. The standard InChI is InChI=1S/C22H31NO/c1-4-6-7-8-9-19-10-15-22(23-17-19)18(3)20-11-13-21(14-12-20)24-16-5-2/h10-15,17-18H,4-9,16H2,1-3H3. The van der Waals surface area contributed by atoms with Gasteiger partial charge in [-0.2, -0.15) is 0 Å². The van der Waals surface area contributed by atoms with Crippen molar-refractivity contribution in [2.45, 2.75) is 65.2 Å². The van der Waals surface area contributed by atoms with Gasteiger partial charge in [-0.3, -0.25) is 4.98 Å². The Morgan fingerprint density at radius 1 is 0.917 bits per heavy atom. The smallest absolute Gasteiger partial charge is 0.119 e. The fraction of sp³-hybridized carbons (Fsp3) is 0.500. The lowest BCUT2D eigenvalue weighted by molar-refractivity contribution is 0.317. The van der Waals surface area contributed by atoms with Gasteiger partial charge in [-0.05, 0) is 48.6 Å². The molecule has 0 saturated carbocycles. The number of nitrogens with zero attached hydrogens (tertiary/aromatic N) is 1. The van der Waals surface area contributed by atoms with Gasteiger partial charge in [-0.1, -0.05) is 58.2 Å². The first-order chi connectivity index (χ1) is 11.7. The van der Waals surface area contributed by atoms with Crippen molar-refractivity contribution >= 4 is 0 Å². The van der Waals surface area contributed by atoms with Crippen molar-refractivity contribution in [2.75, 3.05) is 6.61 Å². The summed E-state index contributed by atoms with van der Waals surface area (Å²) in [4.78, 5) is 4.69. The van der Waals surface area contributed by atoms with E-state index in [1.165, 1.54) is 36.8 Å². The highest BCUT2D eigenvalue weighted by Crippen LogP contribution is 2.25. The van der Waals surface area contributed by atoms with Crippen LogP contribution in [0.5, 0.6) is 5.75 Å². The summed E-state index contributed by atoms with van der Waals surface area (Å²) < 4.78 is 5.65. The maximum absolute atomic E-state index is 5.65. The van der Waals surface area contributed by atoms with Crippen molar-refractivity contribution in [3.05, 3.63) is 59.4 Å². The second-order valence-electron chi connectivity index (χ2n) is 6.54. The molecule has 1 unspecified atom stereocenters. The highest BCUT2D eigenvalue weighted by Gasteiger charge is 2.10. The van der Waals surface area contributed by atoms with Crippen molar-refractivity contribution in [3.8, 4) is 5.75 Å². The van der Waals surface area contributed by atoms with Crippen molar-refractivity contribution in [2.24, 2.45) is 0 Å². The molecule has 2 aromatic rings. The van der Waals surface area contributed by atoms with Crippen LogP contribution < -0.4 is 4.74 Å². The number of hydrogen-bond acceptors (Lipinski definition) is 2. The first kappa shape index (κ1) is 18.5.